The van der Waals surface area contributed by atoms with Crippen LogP contribution in [0.4, 0.5) is 0 Å². The number of nitrogens with one attached hydrogen (secondary N) is 1. The first-order valence-corrected chi connectivity index (χ1v) is 10.2. The fourth-order valence-electron chi connectivity index (χ4n) is 3.38. The van der Waals surface area contributed by atoms with Gasteiger partial charge in [-0.3, -0.25) is 4.79 Å². The minimum atomic E-state index is -0.0563. The van der Waals surface area contributed by atoms with E-state index >= 15 is 0 Å². The van der Waals surface area contributed by atoms with E-state index in [9.17, 15) is 4.79 Å². The Kier molecular flexibility index (Phi) is 6.68. The van der Waals surface area contributed by atoms with Gasteiger partial charge in [0.15, 0.2) is 5.16 Å². The molecule has 1 aliphatic rings. The summed E-state index contributed by atoms with van der Waals surface area (Å²) in [6.45, 7) is 8.37. The molecule has 0 unspecified atom stereocenters. The molecule has 2 heterocycles. The van der Waals surface area contributed by atoms with Crippen LogP contribution in [-0.4, -0.2) is 46.2 Å². The number of hydrogen-bond acceptors (Lipinski definition) is 5. The number of thioether (sulfide) groups is 1. The van der Waals surface area contributed by atoms with Gasteiger partial charge in [-0.05, 0) is 25.3 Å². The Balaban J connectivity index is 1.59. The number of benzene rings is 1. The summed E-state index contributed by atoms with van der Waals surface area (Å²) in [4.78, 5) is 12.5. The lowest BCUT2D eigenvalue weighted by Crippen LogP contribution is -2.45. The molecule has 0 bridgehead atoms. The van der Waals surface area contributed by atoms with E-state index in [1.54, 1.807) is 6.08 Å². The number of allylic oxidation sites excluding steroid dienone is 1. The maximum atomic E-state index is 12.5. The molecular formula is C20H26N4O2S. The first kappa shape index (κ1) is 19.6. The zero-order chi connectivity index (χ0) is 19.1. The Morgan fingerprint density at radius 2 is 2.07 bits per heavy atom. The molecule has 1 saturated heterocycles. The molecule has 0 radical (unpaired) electrons. The average Bonchev–Trinajstić information content (AvgIpc) is 3.06. The van der Waals surface area contributed by atoms with Gasteiger partial charge in [-0.25, -0.2) is 0 Å². The van der Waals surface area contributed by atoms with Crippen LogP contribution < -0.4 is 5.32 Å². The van der Waals surface area contributed by atoms with Crippen LogP contribution in [-0.2, 0) is 21.5 Å². The van der Waals surface area contributed by atoms with E-state index in [-0.39, 0.29) is 11.3 Å². The minimum absolute atomic E-state index is 0.00704. The molecule has 1 aromatic heterocycles. The fourth-order valence-corrected chi connectivity index (χ4v) is 4.20. The van der Waals surface area contributed by atoms with Gasteiger partial charge in [0.2, 0.25) is 5.91 Å². The third-order valence-electron chi connectivity index (χ3n) is 5.01. The number of aromatic nitrogens is 3. The molecule has 0 atom stereocenters. The topological polar surface area (TPSA) is 69.0 Å². The lowest BCUT2D eigenvalue weighted by atomic mass is 9.74. The van der Waals surface area contributed by atoms with Crippen molar-refractivity contribution < 1.29 is 9.53 Å². The van der Waals surface area contributed by atoms with Crippen LogP contribution in [0, 0.1) is 6.92 Å². The van der Waals surface area contributed by atoms with E-state index in [1.165, 1.54) is 17.3 Å². The molecule has 6 nitrogen and oxygen atoms in total. The number of ether oxygens (including phenoxy) is 1. The molecule has 27 heavy (non-hydrogen) atoms. The maximum absolute atomic E-state index is 12.5. The van der Waals surface area contributed by atoms with Gasteiger partial charge < -0.3 is 14.6 Å². The molecule has 7 heteroatoms. The van der Waals surface area contributed by atoms with E-state index in [2.05, 4.69) is 46.4 Å². The second kappa shape index (κ2) is 9.19. The number of amides is 1. The van der Waals surface area contributed by atoms with E-state index in [0.717, 1.165) is 37.0 Å². The number of aryl methyl sites for hydroxylation is 1. The molecule has 1 N–H and O–H groups in total. The van der Waals surface area contributed by atoms with Crippen molar-refractivity contribution in [3.05, 3.63) is 54.4 Å². The molecule has 1 aliphatic heterocycles. The van der Waals surface area contributed by atoms with Crippen LogP contribution in [0.25, 0.3) is 0 Å². The van der Waals surface area contributed by atoms with E-state index in [4.69, 9.17) is 4.74 Å². The summed E-state index contributed by atoms with van der Waals surface area (Å²) in [5.74, 6) is 1.15. The van der Waals surface area contributed by atoms with Crippen LogP contribution >= 0.6 is 11.8 Å². The van der Waals surface area contributed by atoms with Crippen molar-refractivity contribution in [2.75, 3.05) is 25.5 Å². The number of carbonyl (C=O) groups is 1. The Morgan fingerprint density at radius 1 is 1.33 bits per heavy atom. The smallest absolute Gasteiger partial charge is 0.230 e. The highest BCUT2D eigenvalue weighted by atomic mass is 32.2. The van der Waals surface area contributed by atoms with Crippen LogP contribution in [0.2, 0.25) is 0 Å². The van der Waals surface area contributed by atoms with Crippen LogP contribution in [0.15, 0.2) is 48.1 Å². The Bertz CT molecular complexity index is 770. The third kappa shape index (κ3) is 4.78. The SMILES string of the molecule is C=CCn1c(C)nnc1SCC(=O)NCC1(c2ccccc2)CCOCC1. The highest BCUT2D eigenvalue weighted by Crippen LogP contribution is 2.34. The van der Waals surface area contributed by atoms with Crippen molar-refractivity contribution in [1.82, 2.24) is 20.1 Å². The summed E-state index contributed by atoms with van der Waals surface area (Å²) < 4.78 is 7.51. The molecule has 1 amide bonds. The quantitative estimate of drug-likeness (QED) is 0.558. The molecule has 1 aromatic carbocycles. The van der Waals surface area contributed by atoms with Gasteiger partial charge in [-0.2, -0.15) is 0 Å². The molecule has 1 fully saturated rings. The second-order valence-electron chi connectivity index (χ2n) is 6.75. The number of carbonyl (C=O) groups excluding carboxylic acids is 1. The normalized spacial score (nSPS) is 16.0. The first-order valence-electron chi connectivity index (χ1n) is 9.18. The summed E-state index contributed by atoms with van der Waals surface area (Å²) in [5, 5.41) is 12.1. The molecule has 144 valence electrons. The van der Waals surface area contributed by atoms with Gasteiger partial charge in [0.05, 0.1) is 5.75 Å². The number of hydrogen-bond donors (Lipinski definition) is 1. The predicted molar refractivity (Wildman–Crippen MR) is 107 cm³/mol. The van der Waals surface area contributed by atoms with Crippen LogP contribution in [0.3, 0.4) is 0 Å². The van der Waals surface area contributed by atoms with Crippen molar-refractivity contribution in [1.29, 1.82) is 0 Å². The van der Waals surface area contributed by atoms with E-state index < -0.39 is 0 Å². The Hall–Kier alpha value is -2.12. The monoisotopic (exact) mass is 386 g/mol. The third-order valence-corrected chi connectivity index (χ3v) is 5.97. The largest absolute Gasteiger partial charge is 0.381 e. The second-order valence-corrected chi connectivity index (χ2v) is 7.70. The zero-order valence-corrected chi connectivity index (χ0v) is 16.5. The molecule has 0 aliphatic carbocycles. The summed E-state index contributed by atoms with van der Waals surface area (Å²) in [6, 6.07) is 10.4. The zero-order valence-electron chi connectivity index (χ0n) is 15.7. The van der Waals surface area contributed by atoms with Gasteiger partial charge in [-0.15, -0.1) is 16.8 Å². The molecule has 3 rings (SSSR count). The Labute approximate surface area is 164 Å². The van der Waals surface area contributed by atoms with Gasteiger partial charge in [0, 0.05) is 31.7 Å². The Morgan fingerprint density at radius 3 is 2.78 bits per heavy atom. The van der Waals surface area contributed by atoms with Crippen LogP contribution in [0.5, 0.6) is 0 Å². The fraction of sp³-hybridized carbons (Fsp3) is 0.450. The van der Waals surface area contributed by atoms with Crippen LogP contribution in [0.1, 0.15) is 24.2 Å². The number of rotatable bonds is 8. The molecular weight excluding hydrogens is 360 g/mol. The van der Waals surface area contributed by atoms with E-state index in [1.807, 2.05) is 17.6 Å². The predicted octanol–water partition coefficient (Wildman–Crippen LogP) is 2.73. The van der Waals surface area contributed by atoms with Crippen molar-refractivity contribution in [3.8, 4) is 0 Å². The summed E-state index contributed by atoms with van der Waals surface area (Å²) in [6.07, 6.45) is 3.63. The summed E-state index contributed by atoms with van der Waals surface area (Å²) in [5.41, 5.74) is 1.21. The number of nitrogens with zero attached hydrogens (tertiary/aromatic N) is 3. The lowest BCUT2D eigenvalue weighted by Gasteiger charge is -2.38. The van der Waals surface area contributed by atoms with Gasteiger partial charge in [0.1, 0.15) is 5.82 Å². The molecule has 0 spiro atoms. The van der Waals surface area contributed by atoms with E-state index in [0.29, 0.717) is 18.8 Å². The highest BCUT2D eigenvalue weighted by Gasteiger charge is 2.34. The van der Waals surface area contributed by atoms with Crippen molar-refractivity contribution in [2.24, 2.45) is 0 Å². The standard InChI is InChI=1S/C20H26N4O2S/c1-3-11-24-16(2)22-23-19(24)27-14-18(25)21-15-20(9-12-26-13-10-20)17-7-5-4-6-8-17/h3-8H,1,9-15H2,2H3,(H,21,25). The van der Waals surface area contributed by atoms with Crippen molar-refractivity contribution >= 4 is 17.7 Å². The van der Waals surface area contributed by atoms with Crippen molar-refractivity contribution in [2.45, 2.75) is 36.9 Å². The van der Waals surface area contributed by atoms with Gasteiger partial charge >= 0.3 is 0 Å². The summed E-state index contributed by atoms with van der Waals surface area (Å²) in [7, 11) is 0. The molecule has 0 saturated carbocycles. The van der Waals surface area contributed by atoms with Gasteiger partial charge in [-0.1, -0.05) is 48.2 Å². The minimum Gasteiger partial charge on any atom is -0.381 e. The van der Waals surface area contributed by atoms with Gasteiger partial charge in [0.25, 0.3) is 0 Å². The highest BCUT2D eigenvalue weighted by molar-refractivity contribution is 7.99. The molecule has 2 aromatic rings. The maximum Gasteiger partial charge on any atom is 0.230 e. The van der Waals surface area contributed by atoms with Crippen molar-refractivity contribution in [3.63, 3.8) is 0 Å². The lowest BCUT2D eigenvalue weighted by molar-refractivity contribution is -0.119. The average molecular weight is 387 g/mol. The summed E-state index contributed by atoms with van der Waals surface area (Å²) >= 11 is 1.40. The first-order chi connectivity index (χ1) is 13.1.